The molecule has 24 heavy (non-hydrogen) atoms. The van der Waals surface area contributed by atoms with Crippen LogP contribution in [-0.2, 0) is 4.79 Å². The molecular formula is C18H16ClFN2O2. The van der Waals surface area contributed by atoms with E-state index >= 15 is 0 Å². The van der Waals surface area contributed by atoms with Crippen LogP contribution in [0.3, 0.4) is 0 Å². The third-order valence-electron chi connectivity index (χ3n) is 4.13. The lowest BCUT2D eigenvalue weighted by molar-refractivity contribution is -0.124. The number of carbonyl (C=O) groups is 2. The van der Waals surface area contributed by atoms with Crippen molar-refractivity contribution >= 4 is 29.1 Å². The molecule has 1 atom stereocenters. The fraction of sp³-hybridized carbons (Fsp3) is 0.222. The fourth-order valence-electron chi connectivity index (χ4n) is 2.81. The summed E-state index contributed by atoms with van der Waals surface area (Å²) in [4.78, 5) is 28.3. The van der Waals surface area contributed by atoms with Gasteiger partial charge in [-0.25, -0.2) is 4.39 Å². The molecule has 0 radical (unpaired) electrons. The third-order valence-corrected chi connectivity index (χ3v) is 4.38. The number of benzene rings is 2. The molecule has 0 spiro atoms. The number of anilines is 1. The summed E-state index contributed by atoms with van der Waals surface area (Å²) in [6.07, 6.45) is 0. The van der Waals surface area contributed by atoms with E-state index in [1.54, 1.807) is 42.2 Å². The lowest BCUT2D eigenvalue weighted by Gasteiger charge is -2.39. The van der Waals surface area contributed by atoms with Gasteiger partial charge in [0.2, 0.25) is 5.91 Å². The number of piperazine rings is 1. The minimum Gasteiger partial charge on any atom is -0.325 e. The van der Waals surface area contributed by atoms with Gasteiger partial charge in [-0.05, 0) is 49.4 Å². The van der Waals surface area contributed by atoms with Crippen LogP contribution in [0.2, 0.25) is 5.02 Å². The maximum atomic E-state index is 13.3. The van der Waals surface area contributed by atoms with Crippen molar-refractivity contribution in [3.63, 3.8) is 0 Å². The van der Waals surface area contributed by atoms with Gasteiger partial charge in [0.25, 0.3) is 5.91 Å². The second kappa shape index (κ2) is 6.61. The molecule has 4 nitrogen and oxygen atoms in total. The van der Waals surface area contributed by atoms with Gasteiger partial charge >= 0.3 is 0 Å². The van der Waals surface area contributed by atoms with E-state index in [1.165, 1.54) is 23.1 Å². The number of halogens is 2. The number of carbonyl (C=O) groups excluding carboxylic acids is 2. The molecule has 2 amide bonds. The van der Waals surface area contributed by atoms with Crippen LogP contribution in [0.5, 0.6) is 0 Å². The van der Waals surface area contributed by atoms with Gasteiger partial charge in [0.1, 0.15) is 11.9 Å². The molecule has 2 aromatic rings. The lowest BCUT2D eigenvalue weighted by atomic mass is 10.1. The molecule has 0 aliphatic carbocycles. The lowest BCUT2D eigenvalue weighted by Crippen LogP contribution is -2.57. The first-order chi connectivity index (χ1) is 11.5. The standard InChI is InChI=1S/C18H16ClFN2O2/c1-12-17(23)22(16-7-5-14(19)6-8-16)10-9-21(12)18(24)13-3-2-4-15(20)11-13/h2-8,11-12H,9-10H2,1H3. The molecule has 2 aromatic carbocycles. The Labute approximate surface area is 144 Å². The van der Waals surface area contributed by atoms with Gasteiger partial charge in [-0.3, -0.25) is 9.59 Å². The van der Waals surface area contributed by atoms with E-state index in [2.05, 4.69) is 0 Å². The fourth-order valence-corrected chi connectivity index (χ4v) is 2.94. The quantitative estimate of drug-likeness (QED) is 0.836. The molecule has 0 aromatic heterocycles. The Hall–Kier alpha value is -2.40. The van der Waals surface area contributed by atoms with E-state index in [-0.39, 0.29) is 17.4 Å². The Morgan fingerprint density at radius 1 is 1.17 bits per heavy atom. The molecule has 1 aliphatic rings. The Morgan fingerprint density at radius 3 is 2.54 bits per heavy atom. The summed E-state index contributed by atoms with van der Waals surface area (Å²) < 4.78 is 13.3. The van der Waals surface area contributed by atoms with Crippen molar-refractivity contribution in [1.82, 2.24) is 4.90 Å². The van der Waals surface area contributed by atoms with Gasteiger partial charge in [-0.1, -0.05) is 17.7 Å². The Bertz CT molecular complexity index is 779. The zero-order valence-corrected chi connectivity index (χ0v) is 13.8. The Morgan fingerprint density at radius 2 is 1.88 bits per heavy atom. The van der Waals surface area contributed by atoms with E-state index in [0.717, 1.165) is 5.69 Å². The summed E-state index contributed by atoms with van der Waals surface area (Å²) in [5, 5.41) is 0.596. The van der Waals surface area contributed by atoms with Crippen LogP contribution in [0.1, 0.15) is 17.3 Å². The monoisotopic (exact) mass is 346 g/mol. The zero-order valence-electron chi connectivity index (χ0n) is 13.1. The highest BCUT2D eigenvalue weighted by molar-refractivity contribution is 6.30. The highest BCUT2D eigenvalue weighted by atomic mass is 35.5. The molecule has 0 bridgehead atoms. The predicted molar refractivity (Wildman–Crippen MR) is 90.7 cm³/mol. The van der Waals surface area contributed by atoms with Crippen LogP contribution in [0.4, 0.5) is 10.1 Å². The molecule has 0 N–H and O–H groups in total. The molecule has 3 rings (SSSR count). The minimum atomic E-state index is -0.620. The maximum Gasteiger partial charge on any atom is 0.254 e. The second-order valence-corrected chi connectivity index (χ2v) is 6.09. The number of amides is 2. The summed E-state index contributed by atoms with van der Waals surface area (Å²) >= 11 is 5.87. The minimum absolute atomic E-state index is 0.173. The Balaban J connectivity index is 1.79. The van der Waals surface area contributed by atoms with Crippen LogP contribution in [-0.4, -0.2) is 35.8 Å². The van der Waals surface area contributed by atoms with E-state index in [4.69, 9.17) is 11.6 Å². The first-order valence-electron chi connectivity index (χ1n) is 7.61. The topological polar surface area (TPSA) is 40.6 Å². The SMILES string of the molecule is CC1C(=O)N(c2ccc(Cl)cc2)CCN1C(=O)c1cccc(F)c1. The van der Waals surface area contributed by atoms with Gasteiger partial charge in [-0.2, -0.15) is 0 Å². The molecule has 124 valence electrons. The van der Waals surface area contributed by atoms with Gasteiger partial charge < -0.3 is 9.80 Å². The molecule has 1 fully saturated rings. The summed E-state index contributed by atoms with van der Waals surface area (Å²) in [5.41, 5.74) is 0.990. The van der Waals surface area contributed by atoms with Gasteiger partial charge in [0.05, 0.1) is 0 Å². The molecule has 1 aliphatic heterocycles. The van der Waals surface area contributed by atoms with E-state index in [1.807, 2.05) is 0 Å². The highest BCUT2D eigenvalue weighted by Crippen LogP contribution is 2.23. The van der Waals surface area contributed by atoms with Crippen molar-refractivity contribution in [2.75, 3.05) is 18.0 Å². The average molecular weight is 347 g/mol. The first kappa shape index (κ1) is 16.5. The number of rotatable bonds is 2. The summed E-state index contributed by atoms with van der Waals surface area (Å²) in [5.74, 6) is -0.987. The zero-order chi connectivity index (χ0) is 17.3. The molecule has 1 saturated heterocycles. The molecular weight excluding hydrogens is 331 g/mol. The van der Waals surface area contributed by atoms with Crippen LogP contribution >= 0.6 is 11.6 Å². The largest absolute Gasteiger partial charge is 0.325 e. The Kier molecular flexibility index (Phi) is 4.53. The van der Waals surface area contributed by atoms with Gasteiger partial charge in [0, 0.05) is 29.4 Å². The molecule has 0 saturated carbocycles. The second-order valence-electron chi connectivity index (χ2n) is 5.65. The van der Waals surface area contributed by atoms with Crippen molar-refractivity contribution in [3.8, 4) is 0 Å². The van der Waals surface area contributed by atoms with Crippen LogP contribution in [0.15, 0.2) is 48.5 Å². The predicted octanol–water partition coefficient (Wildman–Crippen LogP) is 3.36. The van der Waals surface area contributed by atoms with E-state index in [9.17, 15) is 14.0 Å². The van der Waals surface area contributed by atoms with Crippen molar-refractivity contribution in [2.45, 2.75) is 13.0 Å². The van der Waals surface area contributed by atoms with Crippen molar-refractivity contribution in [2.24, 2.45) is 0 Å². The van der Waals surface area contributed by atoms with Gasteiger partial charge in [-0.15, -0.1) is 0 Å². The van der Waals surface area contributed by atoms with Crippen LogP contribution in [0, 0.1) is 5.82 Å². The summed E-state index contributed by atoms with van der Waals surface area (Å²) in [7, 11) is 0. The van der Waals surface area contributed by atoms with Crippen molar-refractivity contribution < 1.29 is 14.0 Å². The smallest absolute Gasteiger partial charge is 0.254 e. The van der Waals surface area contributed by atoms with Crippen molar-refractivity contribution in [1.29, 1.82) is 0 Å². The first-order valence-corrected chi connectivity index (χ1v) is 7.98. The molecule has 1 unspecified atom stereocenters. The van der Waals surface area contributed by atoms with Crippen LogP contribution < -0.4 is 4.90 Å². The molecule has 6 heteroatoms. The molecule has 1 heterocycles. The average Bonchev–Trinajstić information content (AvgIpc) is 2.58. The summed E-state index contributed by atoms with van der Waals surface area (Å²) in [6, 6.07) is 11.9. The van der Waals surface area contributed by atoms with Crippen LogP contribution in [0.25, 0.3) is 0 Å². The number of hydrogen-bond acceptors (Lipinski definition) is 2. The van der Waals surface area contributed by atoms with Gasteiger partial charge in [0.15, 0.2) is 0 Å². The number of nitrogens with zero attached hydrogens (tertiary/aromatic N) is 2. The highest BCUT2D eigenvalue weighted by Gasteiger charge is 2.35. The van der Waals surface area contributed by atoms with E-state index in [0.29, 0.717) is 18.1 Å². The number of hydrogen-bond donors (Lipinski definition) is 0. The third kappa shape index (κ3) is 3.12. The maximum absolute atomic E-state index is 13.3. The van der Waals surface area contributed by atoms with Crippen molar-refractivity contribution in [3.05, 3.63) is 64.9 Å². The normalized spacial score (nSPS) is 18.0. The van der Waals surface area contributed by atoms with E-state index < -0.39 is 11.9 Å². The summed E-state index contributed by atoms with van der Waals surface area (Å²) in [6.45, 7) is 2.44.